The normalized spacial score (nSPS) is 22.1. The van der Waals surface area contributed by atoms with Gasteiger partial charge in [0, 0.05) is 39.3 Å². The minimum absolute atomic E-state index is 0. The van der Waals surface area contributed by atoms with E-state index >= 15 is 0 Å². The van der Waals surface area contributed by atoms with Crippen LogP contribution in [-0.4, -0.2) is 67.9 Å². The summed E-state index contributed by atoms with van der Waals surface area (Å²) in [5, 5.41) is 13.1. The number of halogens is 1. The standard InChI is InChI=1S/C15H21N3O3.ClH/c19-13-4-2-1-3-12(13)17-6-8-18(9-7-17)15(20)14-11-16-5-10-21-14;/h1-4,14,16,19H,5-11H2;1H. The first kappa shape index (κ1) is 16.9. The average Bonchev–Trinajstić information content (AvgIpc) is 2.56. The van der Waals surface area contributed by atoms with Gasteiger partial charge < -0.3 is 25.0 Å². The Morgan fingerprint density at radius 3 is 2.59 bits per heavy atom. The van der Waals surface area contributed by atoms with Gasteiger partial charge in [-0.3, -0.25) is 4.79 Å². The van der Waals surface area contributed by atoms with Crippen LogP contribution in [0.4, 0.5) is 5.69 Å². The molecule has 122 valence electrons. The van der Waals surface area contributed by atoms with Gasteiger partial charge in [0.05, 0.1) is 12.3 Å². The van der Waals surface area contributed by atoms with E-state index in [9.17, 15) is 9.90 Å². The summed E-state index contributed by atoms with van der Waals surface area (Å²) in [4.78, 5) is 16.3. The molecule has 6 nitrogen and oxygen atoms in total. The molecule has 2 saturated heterocycles. The number of piperazine rings is 1. The molecule has 2 aliphatic heterocycles. The van der Waals surface area contributed by atoms with E-state index in [1.165, 1.54) is 0 Å². The number of nitrogens with zero attached hydrogens (tertiary/aromatic N) is 2. The van der Waals surface area contributed by atoms with Crippen molar-refractivity contribution in [1.82, 2.24) is 10.2 Å². The molecule has 2 aliphatic rings. The molecule has 2 heterocycles. The number of phenols is 1. The Kier molecular flexibility index (Phi) is 5.88. The van der Waals surface area contributed by atoms with Gasteiger partial charge in [0.2, 0.25) is 0 Å². The lowest BCUT2D eigenvalue weighted by Gasteiger charge is -2.38. The van der Waals surface area contributed by atoms with Gasteiger partial charge in [0.1, 0.15) is 11.9 Å². The number of carbonyl (C=O) groups is 1. The molecule has 7 heteroatoms. The molecule has 1 unspecified atom stereocenters. The largest absolute Gasteiger partial charge is 0.506 e. The summed E-state index contributed by atoms with van der Waals surface area (Å²) in [5.41, 5.74) is 0.834. The Hall–Kier alpha value is -1.50. The van der Waals surface area contributed by atoms with Crippen LogP contribution < -0.4 is 10.2 Å². The number of rotatable bonds is 2. The monoisotopic (exact) mass is 327 g/mol. The molecule has 3 rings (SSSR count). The van der Waals surface area contributed by atoms with Crippen molar-refractivity contribution in [2.75, 3.05) is 50.8 Å². The molecule has 0 spiro atoms. The Bertz CT molecular complexity index is 501. The van der Waals surface area contributed by atoms with Gasteiger partial charge in [-0.25, -0.2) is 0 Å². The lowest BCUT2D eigenvalue weighted by atomic mass is 10.2. The molecule has 2 N–H and O–H groups in total. The van der Waals surface area contributed by atoms with E-state index in [4.69, 9.17) is 4.74 Å². The summed E-state index contributed by atoms with van der Waals surface area (Å²) >= 11 is 0. The van der Waals surface area contributed by atoms with Crippen LogP contribution in [0.1, 0.15) is 0 Å². The second-order valence-corrected chi connectivity index (χ2v) is 5.36. The van der Waals surface area contributed by atoms with Crippen molar-refractivity contribution in [2.24, 2.45) is 0 Å². The van der Waals surface area contributed by atoms with Crippen molar-refractivity contribution in [2.45, 2.75) is 6.10 Å². The van der Waals surface area contributed by atoms with Crippen LogP contribution >= 0.6 is 12.4 Å². The van der Waals surface area contributed by atoms with E-state index in [0.29, 0.717) is 26.2 Å². The molecule has 1 atom stereocenters. The van der Waals surface area contributed by atoms with E-state index in [1.54, 1.807) is 6.07 Å². The first-order valence-corrected chi connectivity index (χ1v) is 7.40. The number of ether oxygens (including phenoxy) is 1. The van der Waals surface area contributed by atoms with Crippen LogP contribution in [0.15, 0.2) is 24.3 Å². The summed E-state index contributed by atoms with van der Waals surface area (Å²) in [6.45, 7) is 4.77. The van der Waals surface area contributed by atoms with E-state index < -0.39 is 0 Å². The van der Waals surface area contributed by atoms with Gasteiger partial charge in [-0.05, 0) is 12.1 Å². The molecule has 0 radical (unpaired) electrons. The number of hydrogen-bond acceptors (Lipinski definition) is 5. The molecule has 1 aromatic carbocycles. The van der Waals surface area contributed by atoms with E-state index in [2.05, 4.69) is 10.2 Å². The van der Waals surface area contributed by atoms with Crippen molar-refractivity contribution >= 4 is 24.0 Å². The highest BCUT2D eigenvalue weighted by atomic mass is 35.5. The highest BCUT2D eigenvalue weighted by Gasteiger charge is 2.29. The molecule has 0 aliphatic carbocycles. The third-order valence-corrected chi connectivity index (χ3v) is 4.02. The van der Waals surface area contributed by atoms with Crippen LogP contribution in [0.25, 0.3) is 0 Å². The Morgan fingerprint density at radius 2 is 1.95 bits per heavy atom. The number of para-hydroxylation sites is 2. The zero-order chi connectivity index (χ0) is 14.7. The molecule has 0 aromatic heterocycles. The zero-order valence-electron chi connectivity index (χ0n) is 12.4. The number of amides is 1. The van der Waals surface area contributed by atoms with Gasteiger partial charge >= 0.3 is 0 Å². The van der Waals surface area contributed by atoms with Crippen LogP contribution in [0, 0.1) is 0 Å². The maximum absolute atomic E-state index is 12.4. The zero-order valence-corrected chi connectivity index (χ0v) is 13.2. The Balaban J connectivity index is 0.00000176. The smallest absolute Gasteiger partial charge is 0.253 e. The van der Waals surface area contributed by atoms with Crippen LogP contribution in [0.3, 0.4) is 0 Å². The maximum Gasteiger partial charge on any atom is 0.253 e. The maximum atomic E-state index is 12.4. The van der Waals surface area contributed by atoms with Gasteiger partial charge in [-0.15, -0.1) is 12.4 Å². The number of benzene rings is 1. The summed E-state index contributed by atoms with van der Waals surface area (Å²) in [6, 6.07) is 7.32. The summed E-state index contributed by atoms with van der Waals surface area (Å²) in [5.74, 6) is 0.358. The molecule has 2 fully saturated rings. The van der Waals surface area contributed by atoms with E-state index in [0.717, 1.165) is 25.3 Å². The van der Waals surface area contributed by atoms with Gasteiger partial charge in [-0.1, -0.05) is 12.1 Å². The van der Waals surface area contributed by atoms with Crippen molar-refractivity contribution in [1.29, 1.82) is 0 Å². The fourth-order valence-electron chi connectivity index (χ4n) is 2.83. The minimum Gasteiger partial charge on any atom is -0.506 e. The number of anilines is 1. The number of phenolic OH excluding ortho intramolecular Hbond substituents is 1. The average molecular weight is 328 g/mol. The van der Waals surface area contributed by atoms with Gasteiger partial charge in [0.25, 0.3) is 5.91 Å². The van der Waals surface area contributed by atoms with Gasteiger partial charge in [-0.2, -0.15) is 0 Å². The molecule has 0 saturated carbocycles. The van der Waals surface area contributed by atoms with Crippen molar-refractivity contribution in [3.05, 3.63) is 24.3 Å². The summed E-state index contributed by atoms with van der Waals surface area (Å²) < 4.78 is 5.52. The second-order valence-electron chi connectivity index (χ2n) is 5.36. The van der Waals surface area contributed by atoms with Crippen molar-refractivity contribution < 1.29 is 14.6 Å². The Labute approximate surface area is 136 Å². The first-order chi connectivity index (χ1) is 10.3. The highest BCUT2D eigenvalue weighted by molar-refractivity contribution is 5.85. The lowest BCUT2D eigenvalue weighted by molar-refractivity contribution is -0.145. The van der Waals surface area contributed by atoms with E-state index in [-0.39, 0.29) is 30.2 Å². The number of morpholine rings is 1. The summed E-state index contributed by atoms with van der Waals surface area (Å²) in [7, 11) is 0. The SMILES string of the molecule is Cl.O=C(C1CNCCO1)N1CCN(c2ccccc2O)CC1. The highest BCUT2D eigenvalue weighted by Crippen LogP contribution is 2.27. The number of hydrogen-bond donors (Lipinski definition) is 2. The molecule has 0 bridgehead atoms. The first-order valence-electron chi connectivity index (χ1n) is 7.40. The van der Waals surface area contributed by atoms with Crippen molar-refractivity contribution in [3.8, 4) is 5.75 Å². The lowest BCUT2D eigenvalue weighted by Crippen LogP contribution is -2.55. The quantitative estimate of drug-likeness (QED) is 0.826. The Morgan fingerprint density at radius 1 is 1.23 bits per heavy atom. The fourth-order valence-corrected chi connectivity index (χ4v) is 2.83. The minimum atomic E-state index is -0.351. The number of nitrogens with one attached hydrogen (secondary N) is 1. The molecular formula is C15H22ClN3O3. The number of aromatic hydroxyl groups is 1. The summed E-state index contributed by atoms with van der Waals surface area (Å²) in [6.07, 6.45) is -0.351. The molecule has 1 amide bonds. The van der Waals surface area contributed by atoms with Crippen LogP contribution in [0.5, 0.6) is 5.75 Å². The predicted octanol–water partition coefficient (Wildman–Crippen LogP) is 0.451. The molecule has 1 aromatic rings. The topological polar surface area (TPSA) is 65.0 Å². The third-order valence-electron chi connectivity index (χ3n) is 4.02. The van der Waals surface area contributed by atoms with Crippen molar-refractivity contribution in [3.63, 3.8) is 0 Å². The predicted molar refractivity (Wildman–Crippen MR) is 86.8 cm³/mol. The molecule has 22 heavy (non-hydrogen) atoms. The van der Waals surface area contributed by atoms with Crippen LogP contribution in [-0.2, 0) is 9.53 Å². The second kappa shape index (κ2) is 7.67. The van der Waals surface area contributed by atoms with E-state index in [1.807, 2.05) is 23.1 Å². The third kappa shape index (κ3) is 3.63. The number of carbonyl (C=O) groups excluding carboxylic acids is 1. The van der Waals surface area contributed by atoms with Crippen LogP contribution in [0.2, 0.25) is 0 Å². The molecular weight excluding hydrogens is 306 g/mol. The fraction of sp³-hybridized carbons (Fsp3) is 0.533. The van der Waals surface area contributed by atoms with Gasteiger partial charge in [0.15, 0.2) is 0 Å².